The Kier molecular flexibility index (Phi) is 8.06. The Labute approximate surface area is 187 Å². The summed E-state index contributed by atoms with van der Waals surface area (Å²) >= 11 is 0. The highest BCUT2D eigenvalue weighted by Gasteiger charge is 2.22. The first kappa shape index (κ1) is 22.7. The zero-order chi connectivity index (χ0) is 22.2. The van der Waals surface area contributed by atoms with E-state index in [0.717, 1.165) is 57.7 Å². The van der Waals surface area contributed by atoms with E-state index in [2.05, 4.69) is 37.6 Å². The molecule has 0 atom stereocenters. The molecule has 2 fully saturated rings. The van der Waals surface area contributed by atoms with Crippen molar-refractivity contribution < 1.29 is 18.3 Å². The summed E-state index contributed by atoms with van der Waals surface area (Å²) in [6.07, 6.45) is 3.12. The number of morpholine rings is 1. The number of benzene rings is 1. The number of anilines is 3. The van der Waals surface area contributed by atoms with Crippen LogP contribution in [0.3, 0.4) is 0 Å². The minimum Gasteiger partial charge on any atom is -0.477 e. The van der Waals surface area contributed by atoms with Crippen molar-refractivity contribution in [3.8, 4) is 5.88 Å². The molecule has 1 saturated heterocycles. The quantitative estimate of drug-likeness (QED) is 0.605. The summed E-state index contributed by atoms with van der Waals surface area (Å²) in [4.78, 5) is 11.1. The second-order valence-corrected chi connectivity index (χ2v) is 8.32. The van der Waals surface area contributed by atoms with E-state index in [1.54, 1.807) is 12.3 Å². The van der Waals surface area contributed by atoms with Gasteiger partial charge in [-0.1, -0.05) is 0 Å². The van der Waals surface area contributed by atoms with Gasteiger partial charge in [-0.25, -0.2) is 13.8 Å². The molecule has 174 valence electrons. The molecule has 0 radical (unpaired) electrons. The van der Waals surface area contributed by atoms with E-state index >= 15 is 0 Å². The lowest BCUT2D eigenvalue weighted by atomic mass is 9.86. The van der Waals surface area contributed by atoms with E-state index in [1.165, 1.54) is 5.69 Å². The monoisotopic (exact) mass is 447 g/mol. The summed E-state index contributed by atoms with van der Waals surface area (Å²) < 4.78 is 36.0. The summed E-state index contributed by atoms with van der Waals surface area (Å²) in [5.74, 6) is 1.44. The molecule has 9 heteroatoms. The van der Waals surface area contributed by atoms with E-state index in [1.807, 2.05) is 12.1 Å². The van der Waals surface area contributed by atoms with Gasteiger partial charge in [-0.15, -0.1) is 0 Å². The molecule has 1 aromatic heterocycles. The number of alkyl halides is 2. The third-order valence-electron chi connectivity index (χ3n) is 6.00. The maximum absolute atomic E-state index is 12.3. The minimum atomic E-state index is -2.29. The average Bonchev–Trinajstić information content (AvgIpc) is 2.83. The fraction of sp³-hybridized carbons (Fsp3) is 0.565. The van der Waals surface area contributed by atoms with Crippen LogP contribution in [0.2, 0.25) is 0 Å². The van der Waals surface area contributed by atoms with Crippen LogP contribution in [-0.2, 0) is 4.74 Å². The zero-order valence-corrected chi connectivity index (χ0v) is 18.2. The number of nitrogens with one attached hydrogen (secondary N) is 2. The van der Waals surface area contributed by atoms with Crippen LogP contribution < -0.4 is 20.3 Å². The summed E-state index contributed by atoms with van der Waals surface area (Å²) in [5, 5.41) is 6.17. The van der Waals surface area contributed by atoms with Crippen LogP contribution in [0.15, 0.2) is 36.5 Å². The summed E-state index contributed by atoms with van der Waals surface area (Å²) in [7, 11) is 0. The van der Waals surface area contributed by atoms with Crippen molar-refractivity contribution in [3.63, 3.8) is 0 Å². The number of ether oxygens (including phenoxy) is 2. The van der Waals surface area contributed by atoms with E-state index in [9.17, 15) is 8.78 Å². The van der Waals surface area contributed by atoms with Gasteiger partial charge < -0.3 is 25.0 Å². The van der Waals surface area contributed by atoms with Gasteiger partial charge >= 0.3 is 0 Å². The number of hydrogen-bond acceptors (Lipinski definition) is 7. The van der Waals surface area contributed by atoms with Crippen LogP contribution in [0.4, 0.5) is 26.1 Å². The first-order chi connectivity index (χ1) is 15.7. The summed E-state index contributed by atoms with van der Waals surface area (Å²) in [6.45, 7) is 3.69. The molecular weight excluding hydrogens is 416 g/mol. The standard InChI is InChI=1S/C23H31F2N5O2/c24-21(25)15-27-18-3-1-17(2-4-18)16-32-22-9-10-26-23(29-22)28-19-5-7-20(8-6-19)30-11-13-31-14-12-30/h5-10,17-18,21,27H,1-4,11-16H2,(H,26,28,29)/t17-,18-. The highest BCUT2D eigenvalue weighted by atomic mass is 19.3. The predicted octanol–water partition coefficient (Wildman–Crippen LogP) is 3.85. The number of hydrogen-bond donors (Lipinski definition) is 2. The average molecular weight is 448 g/mol. The first-order valence-corrected chi connectivity index (χ1v) is 11.3. The van der Waals surface area contributed by atoms with Crippen molar-refractivity contribution in [1.82, 2.24) is 15.3 Å². The van der Waals surface area contributed by atoms with Gasteiger partial charge in [0, 0.05) is 42.8 Å². The largest absolute Gasteiger partial charge is 0.477 e. The normalized spacial score (nSPS) is 21.5. The van der Waals surface area contributed by atoms with Crippen molar-refractivity contribution in [1.29, 1.82) is 0 Å². The number of aromatic nitrogens is 2. The van der Waals surface area contributed by atoms with Gasteiger partial charge in [-0.3, -0.25) is 0 Å². The number of rotatable bonds is 9. The van der Waals surface area contributed by atoms with Crippen molar-refractivity contribution >= 4 is 17.3 Å². The third kappa shape index (κ3) is 6.74. The molecule has 0 unspecified atom stereocenters. The SMILES string of the molecule is FC(F)CN[C@H]1CC[C@H](COc2ccnc(Nc3ccc(N4CCOCC4)cc3)n2)CC1. The van der Waals surface area contributed by atoms with Gasteiger partial charge in [-0.2, -0.15) is 4.98 Å². The molecule has 0 bridgehead atoms. The Hall–Kier alpha value is -2.52. The smallest absolute Gasteiger partial charge is 0.250 e. The molecule has 2 N–H and O–H groups in total. The van der Waals surface area contributed by atoms with E-state index in [4.69, 9.17) is 9.47 Å². The van der Waals surface area contributed by atoms with Crippen molar-refractivity contribution in [3.05, 3.63) is 36.5 Å². The van der Waals surface area contributed by atoms with Crippen LogP contribution in [0.5, 0.6) is 5.88 Å². The maximum Gasteiger partial charge on any atom is 0.250 e. The van der Waals surface area contributed by atoms with Crippen LogP contribution in [-0.4, -0.2) is 61.9 Å². The summed E-state index contributed by atoms with van der Waals surface area (Å²) in [6, 6.07) is 10.1. The zero-order valence-electron chi connectivity index (χ0n) is 18.2. The van der Waals surface area contributed by atoms with Crippen molar-refractivity contribution in [2.24, 2.45) is 5.92 Å². The van der Waals surface area contributed by atoms with E-state index in [-0.39, 0.29) is 12.6 Å². The fourth-order valence-corrected chi connectivity index (χ4v) is 4.18. The topological polar surface area (TPSA) is 71.5 Å². The van der Waals surface area contributed by atoms with Gasteiger partial charge in [0.25, 0.3) is 6.43 Å². The molecule has 32 heavy (non-hydrogen) atoms. The highest BCUT2D eigenvalue weighted by Crippen LogP contribution is 2.26. The molecule has 0 spiro atoms. The van der Waals surface area contributed by atoms with Crippen LogP contribution in [0, 0.1) is 5.92 Å². The second-order valence-electron chi connectivity index (χ2n) is 8.32. The van der Waals surface area contributed by atoms with E-state index in [0.29, 0.717) is 24.4 Å². The fourth-order valence-electron chi connectivity index (χ4n) is 4.18. The van der Waals surface area contributed by atoms with Gasteiger partial charge in [0.05, 0.1) is 26.4 Å². The van der Waals surface area contributed by atoms with Crippen LogP contribution in [0.25, 0.3) is 0 Å². The molecule has 1 aliphatic heterocycles. The number of halogens is 2. The molecular formula is C23H31F2N5O2. The molecule has 2 heterocycles. The second kappa shape index (κ2) is 11.4. The molecule has 4 rings (SSSR count). The first-order valence-electron chi connectivity index (χ1n) is 11.3. The highest BCUT2D eigenvalue weighted by molar-refractivity contribution is 5.59. The maximum atomic E-state index is 12.3. The molecule has 1 aromatic carbocycles. The lowest BCUT2D eigenvalue weighted by molar-refractivity contribution is 0.122. The molecule has 2 aromatic rings. The minimum absolute atomic E-state index is 0.185. The third-order valence-corrected chi connectivity index (χ3v) is 6.00. The Morgan fingerprint density at radius 1 is 1.06 bits per heavy atom. The molecule has 7 nitrogen and oxygen atoms in total. The van der Waals surface area contributed by atoms with Crippen LogP contribution >= 0.6 is 0 Å². The van der Waals surface area contributed by atoms with E-state index < -0.39 is 6.43 Å². The summed E-state index contributed by atoms with van der Waals surface area (Å²) in [5.41, 5.74) is 2.09. The predicted molar refractivity (Wildman–Crippen MR) is 120 cm³/mol. The lowest BCUT2D eigenvalue weighted by Gasteiger charge is -2.29. The van der Waals surface area contributed by atoms with Gasteiger partial charge in [0.1, 0.15) is 0 Å². The number of nitrogens with zero attached hydrogens (tertiary/aromatic N) is 3. The molecule has 1 aliphatic carbocycles. The van der Waals surface area contributed by atoms with Gasteiger partial charge in [0.2, 0.25) is 11.8 Å². The van der Waals surface area contributed by atoms with Gasteiger partial charge in [0.15, 0.2) is 0 Å². The Balaban J connectivity index is 1.23. The van der Waals surface area contributed by atoms with Gasteiger partial charge in [-0.05, 0) is 55.9 Å². The Morgan fingerprint density at radius 3 is 2.53 bits per heavy atom. The molecule has 2 aliphatic rings. The Morgan fingerprint density at radius 2 is 1.81 bits per heavy atom. The van der Waals surface area contributed by atoms with Crippen molar-refractivity contribution in [2.45, 2.75) is 38.2 Å². The van der Waals surface area contributed by atoms with Crippen LogP contribution in [0.1, 0.15) is 25.7 Å². The molecule has 0 amide bonds. The van der Waals surface area contributed by atoms with Crippen molar-refractivity contribution in [2.75, 3.05) is 49.7 Å². The molecule has 1 saturated carbocycles. The Bertz CT molecular complexity index is 825. The lowest BCUT2D eigenvalue weighted by Crippen LogP contribution is -2.37.